The van der Waals surface area contributed by atoms with Crippen LogP contribution in [0.5, 0.6) is 0 Å². The number of quaternary nitrogens is 1. The molecule has 0 aliphatic heterocycles. The van der Waals surface area contributed by atoms with Crippen LogP contribution >= 0.6 is 0 Å². The Kier molecular flexibility index (Phi) is 47.1. The van der Waals surface area contributed by atoms with Crippen LogP contribution in [0.25, 0.3) is 0 Å². The molecule has 0 aromatic carbocycles. The van der Waals surface area contributed by atoms with Crippen LogP contribution in [0, 0.1) is 0 Å². The fourth-order valence-electron chi connectivity index (χ4n) is 8.78. The number of carboxylic acids is 1. The smallest absolute Gasteiger partial charge is 0.306 e. The minimum absolute atomic E-state index is 0.0459. The first-order valence-corrected chi connectivity index (χ1v) is 28.2. The zero-order valence-corrected chi connectivity index (χ0v) is 43.9. The fourth-order valence-corrected chi connectivity index (χ4v) is 8.78. The Hall–Kier alpha value is -1.93. The van der Waals surface area contributed by atoms with E-state index in [9.17, 15) is 19.5 Å². The zero-order valence-electron chi connectivity index (χ0n) is 43.9. The lowest BCUT2D eigenvalue weighted by Gasteiger charge is -2.34. The number of esters is 2. The maximum absolute atomic E-state index is 12.8. The predicted octanol–water partition coefficient (Wildman–Crippen LogP) is 15.3. The number of likely N-dealkylation sites (N-methyl/N-ethyl adjacent to an activating group) is 1. The van der Waals surface area contributed by atoms with Crippen molar-refractivity contribution in [3.8, 4) is 0 Å². The van der Waals surface area contributed by atoms with Crippen LogP contribution in [0.4, 0.5) is 0 Å². The van der Waals surface area contributed by atoms with Gasteiger partial charge in [0.25, 0.3) is 0 Å². The summed E-state index contributed by atoms with van der Waals surface area (Å²) in [5.74, 6) is -1.71. The molecule has 0 amide bonds. The van der Waals surface area contributed by atoms with E-state index in [4.69, 9.17) is 14.2 Å². The number of carbonyl (C=O) groups excluding carboxylic acids is 3. The van der Waals surface area contributed by atoms with Gasteiger partial charge in [-0.2, -0.15) is 0 Å². The standard InChI is InChI=1S/C57H109NO7/c1-6-8-10-12-14-16-18-20-22-24-26-27-28-30-31-33-35-37-39-41-43-45-47-55(59)64-52-53(51-63-50-49-54(57(61)62)58(3,4)5)65-56(60)48-46-44-42-40-38-36-34-32-29-25-23-21-19-17-15-13-11-9-7-2/h28,30,53-54H,6-27,29,31-52H2,1-5H3/b30-28+. The molecule has 384 valence electrons. The van der Waals surface area contributed by atoms with Crippen LogP contribution in [-0.4, -0.2) is 75.5 Å². The van der Waals surface area contributed by atoms with Crippen molar-refractivity contribution in [3.05, 3.63) is 12.2 Å². The van der Waals surface area contributed by atoms with Gasteiger partial charge in [-0.15, -0.1) is 0 Å². The van der Waals surface area contributed by atoms with E-state index in [1.165, 1.54) is 212 Å². The molecular weight excluding hydrogens is 811 g/mol. The number of carbonyl (C=O) groups is 3. The summed E-state index contributed by atoms with van der Waals surface area (Å²) in [5.41, 5.74) is 0. The molecule has 0 N–H and O–H groups in total. The molecule has 8 nitrogen and oxygen atoms in total. The Morgan fingerprint density at radius 1 is 0.446 bits per heavy atom. The van der Waals surface area contributed by atoms with E-state index < -0.39 is 18.1 Å². The highest BCUT2D eigenvalue weighted by molar-refractivity contribution is 5.70. The van der Waals surface area contributed by atoms with Crippen molar-refractivity contribution < 1.29 is 38.2 Å². The van der Waals surface area contributed by atoms with Gasteiger partial charge in [-0.1, -0.05) is 238 Å². The second-order valence-corrected chi connectivity index (χ2v) is 20.5. The van der Waals surface area contributed by atoms with Gasteiger partial charge in [-0.05, 0) is 38.5 Å². The van der Waals surface area contributed by atoms with Gasteiger partial charge in [-0.3, -0.25) is 9.59 Å². The van der Waals surface area contributed by atoms with E-state index in [-0.39, 0.29) is 42.7 Å². The molecule has 0 spiro atoms. The van der Waals surface area contributed by atoms with E-state index in [2.05, 4.69) is 26.0 Å². The molecular formula is C57H109NO7. The normalized spacial score (nSPS) is 12.8. The molecule has 0 aromatic heterocycles. The number of aliphatic carboxylic acids is 1. The van der Waals surface area contributed by atoms with Gasteiger partial charge in [0.05, 0.1) is 40.3 Å². The van der Waals surface area contributed by atoms with Crippen LogP contribution in [-0.2, 0) is 28.6 Å². The van der Waals surface area contributed by atoms with Crippen LogP contribution in [0.1, 0.15) is 284 Å². The molecule has 0 rings (SSSR count). The van der Waals surface area contributed by atoms with Crippen molar-refractivity contribution in [1.82, 2.24) is 0 Å². The summed E-state index contributed by atoms with van der Waals surface area (Å²) in [6, 6.07) is -0.723. The lowest BCUT2D eigenvalue weighted by atomic mass is 10.0. The van der Waals surface area contributed by atoms with E-state index in [1.807, 2.05) is 21.1 Å². The van der Waals surface area contributed by atoms with Crippen molar-refractivity contribution in [2.24, 2.45) is 0 Å². The molecule has 65 heavy (non-hydrogen) atoms. The second kappa shape index (κ2) is 48.5. The molecule has 0 aromatic rings. The number of nitrogens with zero attached hydrogens (tertiary/aromatic N) is 1. The first-order chi connectivity index (χ1) is 31.6. The predicted molar refractivity (Wildman–Crippen MR) is 273 cm³/mol. The lowest BCUT2D eigenvalue weighted by molar-refractivity contribution is -0.889. The van der Waals surface area contributed by atoms with Crippen molar-refractivity contribution in [3.63, 3.8) is 0 Å². The number of ether oxygens (including phenoxy) is 3. The van der Waals surface area contributed by atoms with Crippen molar-refractivity contribution >= 4 is 17.9 Å². The van der Waals surface area contributed by atoms with Crippen molar-refractivity contribution in [1.29, 1.82) is 0 Å². The van der Waals surface area contributed by atoms with Gasteiger partial charge in [0.15, 0.2) is 6.10 Å². The quantitative estimate of drug-likeness (QED) is 0.0259. The molecule has 0 aliphatic rings. The topological polar surface area (TPSA) is 102 Å². The summed E-state index contributed by atoms with van der Waals surface area (Å²) in [4.78, 5) is 37.1. The van der Waals surface area contributed by atoms with Crippen LogP contribution in [0.3, 0.4) is 0 Å². The molecule has 0 heterocycles. The van der Waals surface area contributed by atoms with Gasteiger partial charge < -0.3 is 28.6 Å². The molecule has 8 heteroatoms. The highest BCUT2D eigenvalue weighted by Crippen LogP contribution is 2.17. The molecule has 0 saturated heterocycles. The largest absolute Gasteiger partial charge is 0.544 e. The molecule has 0 saturated carbocycles. The van der Waals surface area contributed by atoms with Crippen molar-refractivity contribution in [2.45, 2.75) is 296 Å². The van der Waals surface area contributed by atoms with Crippen LogP contribution in [0.2, 0.25) is 0 Å². The maximum Gasteiger partial charge on any atom is 0.306 e. The van der Waals surface area contributed by atoms with Gasteiger partial charge in [0.1, 0.15) is 12.6 Å². The van der Waals surface area contributed by atoms with Gasteiger partial charge in [0, 0.05) is 19.3 Å². The minimum Gasteiger partial charge on any atom is -0.544 e. The fraction of sp³-hybridized carbons (Fsp3) is 0.912. The van der Waals surface area contributed by atoms with E-state index >= 15 is 0 Å². The Balaban J connectivity index is 4.15. The Morgan fingerprint density at radius 2 is 0.769 bits per heavy atom. The molecule has 0 bridgehead atoms. The summed E-state index contributed by atoms with van der Waals surface area (Å²) < 4.78 is 17.3. The van der Waals surface area contributed by atoms with Gasteiger partial charge in [0.2, 0.25) is 0 Å². The number of hydrogen-bond acceptors (Lipinski definition) is 7. The average Bonchev–Trinajstić information content (AvgIpc) is 3.27. The van der Waals surface area contributed by atoms with Gasteiger partial charge >= 0.3 is 11.9 Å². The minimum atomic E-state index is -1.12. The molecule has 0 aliphatic carbocycles. The van der Waals surface area contributed by atoms with Crippen molar-refractivity contribution in [2.75, 3.05) is 41.0 Å². The molecule has 2 atom stereocenters. The molecule has 2 unspecified atom stereocenters. The number of carboxylic acid groups (broad SMARTS) is 1. The lowest BCUT2D eigenvalue weighted by Crippen LogP contribution is -2.55. The monoisotopic (exact) mass is 920 g/mol. The third-order valence-electron chi connectivity index (χ3n) is 13.2. The Bertz CT molecular complexity index is 1070. The zero-order chi connectivity index (χ0) is 47.7. The maximum atomic E-state index is 12.8. The van der Waals surface area contributed by atoms with Crippen LogP contribution < -0.4 is 5.11 Å². The van der Waals surface area contributed by atoms with E-state index in [1.54, 1.807) is 0 Å². The number of allylic oxidation sites excluding steroid dienone is 2. The number of hydrogen-bond donors (Lipinski definition) is 0. The van der Waals surface area contributed by atoms with Crippen LogP contribution in [0.15, 0.2) is 12.2 Å². The SMILES string of the molecule is CCCCCCCCCCCCC/C=C/CCCCCCCCCC(=O)OCC(COCCC(C(=O)[O-])[N+](C)(C)C)OC(=O)CCCCCCCCCCCCCCCCCCCCC. The van der Waals surface area contributed by atoms with E-state index in [0.717, 1.165) is 38.5 Å². The molecule has 0 fully saturated rings. The highest BCUT2D eigenvalue weighted by atomic mass is 16.6. The van der Waals surface area contributed by atoms with Gasteiger partial charge in [-0.25, -0.2) is 0 Å². The number of rotatable bonds is 52. The summed E-state index contributed by atoms with van der Waals surface area (Å²) in [5, 5.41) is 11.7. The third-order valence-corrected chi connectivity index (χ3v) is 13.2. The summed E-state index contributed by atoms with van der Waals surface area (Å²) >= 11 is 0. The Labute approximate surface area is 403 Å². The Morgan fingerprint density at radius 3 is 1.11 bits per heavy atom. The summed E-state index contributed by atoms with van der Waals surface area (Å²) in [6.45, 7) is 4.72. The van der Waals surface area contributed by atoms with E-state index in [0.29, 0.717) is 12.8 Å². The second-order valence-electron chi connectivity index (χ2n) is 20.5. The molecule has 0 radical (unpaired) electrons. The average molecular weight is 920 g/mol. The highest BCUT2D eigenvalue weighted by Gasteiger charge is 2.25. The first-order valence-electron chi connectivity index (χ1n) is 28.2. The first kappa shape index (κ1) is 63.1. The number of unbranched alkanes of at least 4 members (excludes halogenated alkanes) is 36. The summed E-state index contributed by atoms with van der Waals surface area (Å²) in [6.07, 6.45) is 55.4. The third kappa shape index (κ3) is 46.9. The summed E-state index contributed by atoms with van der Waals surface area (Å²) in [7, 11) is 5.43.